The second kappa shape index (κ2) is 21.5. The number of likely N-dealkylation sites (tertiary alicyclic amines) is 2. The number of ether oxygens (including phenoxy) is 4. The van der Waals surface area contributed by atoms with Gasteiger partial charge in [-0.25, -0.2) is 0 Å². The molecule has 6 rings (SSSR count). The lowest BCUT2D eigenvalue weighted by Crippen LogP contribution is -2.60. The summed E-state index contributed by atoms with van der Waals surface area (Å²) in [4.78, 5) is 37.9. The van der Waals surface area contributed by atoms with E-state index in [9.17, 15) is 0 Å². The van der Waals surface area contributed by atoms with Crippen molar-refractivity contribution >= 4 is 11.9 Å². The van der Waals surface area contributed by atoms with E-state index in [1.165, 1.54) is 11.1 Å². The number of aromatic nitrogens is 6. The summed E-state index contributed by atoms with van der Waals surface area (Å²) in [5, 5.41) is 0. The zero-order valence-corrected chi connectivity index (χ0v) is 39.1. The van der Waals surface area contributed by atoms with Gasteiger partial charge in [-0.05, 0) is 104 Å². The van der Waals surface area contributed by atoms with Crippen molar-refractivity contribution in [1.82, 2.24) is 39.7 Å². The number of rotatable bonds is 21. The van der Waals surface area contributed by atoms with Crippen LogP contribution >= 0.6 is 0 Å². The summed E-state index contributed by atoms with van der Waals surface area (Å²) in [6.07, 6.45) is 10.1. The van der Waals surface area contributed by atoms with Crippen molar-refractivity contribution in [3.05, 3.63) is 71.8 Å². The monoisotopic (exact) mass is 853 g/mol. The Morgan fingerprint density at radius 3 is 1.16 bits per heavy atom. The van der Waals surface area contributed by atoms with Crippen LogP contribution in [-0.4, -0.2) is 130 Å². The largest absolute Gasteiger partial charge is 0.467 e. The van der Waals surface area contributed by atoms with Gasteiger partial charge < -0.3 is 28.7 Å². The Balaban J connectivity index is 1.13. The summed E-state index contributed by atoms with van der Waals surface area (Å²) in [6, 6.07) is 23.9. The van der Waals surface area contributed by atoms with Crippen LogP contribution in [0.4, 0.5) is 11.9 Å². The van der Waals surface area contributed by atoms with E-state index in [0.29, 0.717) is 24.0 Å². The van der Waals surface area contributed by atoms with Gasteiger partial charge in [0.15, 0.2) is 0 Å². The van der Waals surface area contributed by atoms with Gasteiger partial charge >= 0.3 is 24.0 Å². The SMILES string of the molecule is COc1nc(OC)nc(N(CCCCCCN(c2nc(OC)nc(OC)n2)C2CC(C)N(CCc3ccccc3)C(C)(C)C2)C2CC(C)N(CCc3ccccc3)C(C)(C)C2)n1. The molecule has 2 aliphatic rings. The number of nitrogens with zero attached hydrogens (tertiary/aromatic N) is 10. The van der Waals surface area contributed by atoms with Crippen molar-refractivity contribution in [2.75, 3.05) is 64.4 Å². The maximum atomic E-state index is 5.52. The Kier molecular flexibility index (Phi) is 16.2. The van der Waals surface area contributed by atoms with Crippen molar-refractivity contribution in [3.63, 3.8) is 0 Å². The highest BCUT2D eigenvalue weighted by Gasteiger charge is 2.43. The van der Waals surface area contributed by atoms with Crippen molar-refractivity contribution < 1.29 is 18.9 Å². The van der Waals surface area contributed by atoms with Crippen molar-refractivity contribution in [2.45, 2.75) is 141 Å². The highest BCUT2D eigenvalue weighted by molar-refractivity contribution is 5.36. The van der Waals surface area contributed by atoms with E-state index in [1.54, 1.807) is 28.4 Å². The first-order chi connectivity index (χ1) is 29.8. The van der Waals surface area contributed by atoms with E-state index in [0.717, 1.165) is 90.4 Å². The third-order valence-corrected chi connectivity index (χ3v) is 13.1. The van der Waals surface area contributed by atoms with Gasteiger partial charge in [0.2, 0.25) is 11.9 Å². The first kappa shape index (κ1) is 46.7. The Morgan fingerprint density at radius 2 is 0.855 bits per heavy atom. The minimum atomic E-state index is -0.0233. The van der Waals surface area contributed by atoms with E-state index < -0.39 is 0 Å². The molecule has 0 saturated carbocycles. The molecule has 4 heterocycles. The maximum Gasteiger partial charge on any atom is 0.324 e. The molecule has 0 spiro atoms. The molecule has 0 amide bonds. The van der Waals surface area contributed by atoms with Crippen LogP contribution in [0.5, 0.6) is 24.0 Å². The summed E-state index contributed by atoms with van der Waals surface area (Å²) in [5.74, 6) is 1.21. The van der Waals surface area contributed by atoms with Crippen LogP contribution in [0.15, 0.2) is 60.7 Å². The summed E-state index contributed by atoms with van der Waals surface area (Å²) in [6.45, 7) is 17.9. The summed E-state index contributed by atoms with van der Waals surface area (Å²) in [5.41, 5.74) is 2.70. The third-order valence-electron chi connectivity index (χ3n) is 13.1. The molecule has 2 fully saturated rings. The number of benzene rings is 2. The van der Waals surface area contributed by atoms with Crippen LogP contribution in [0.25, 0.3) is 0 Å². The van der Waals surface area contributed by atoms with Crippen molar-refractivity contribution in [1.29, 1.82) is 0 Å². The standard InChI is InChI=1S/C48H72N10O4/c1-35-31-39(33-47(3,4)57(35)29-25-37-21-15-13-16-22-37)55(41-49-43(59-7)53-44(50-41)60-8)27-19-11-12-20-28-56(42-51-45(61-9)54-46(52-42)62-10)40-32-36(2)58(48(5,6)34-40)30-26-38-23-17-14-18-24-38/h13-18,21-24,35-36,39-40H,11-12,19-20,25-34H2,1-10H3. The van der Waals surface area contributed by atoms with Gasteiger partial charge in [-0.2, -0.15) is 19.9 Å². The van der Waals surface area contributed by atoms with Gasteiger partial charge in [-0.3, -0.25) is 9.80 Å². The summed E-state index contributed by atoms with van der Waals surface area (Å²) < 4.78 is 22.1. The van der Waals surface area contributed by atoms with Crippen LogP contribution < -0.4 is 28.7 Å². The fraction of sp³-hybridized carbons (Fsp3) is 0.625. The quantitative estimate of drug-likeness (QED) is 0.0760. The number of unbranched alkanes of at least 4 members (excludes halogenated alkanes) is 3. The molecule has 62 heavy (non-hydrogen) atoms. The second-order valence-electron chi connectivity index (χ2n) is 18.4. The number of anilines is 2. The molecular weight excluding hydrogens is 781 g/mol. The molecule has 0 aliphatic carbocycles. The zero-order chi connectivity index (χ0) is 44.3. The summed E-state index contributed by atoms with van der Waals surface area (Å²) >= 11 is 0. The first-order valence-electron chi connectivity index (χ1n) is 22.7. The molecule has 14 heteroatoms. The molecular formula is C48H72N10O4. The Hall–Kier alpha value is -4.82. The van der Waals surface area contributed by atoms with Crippen LogP contribution in [0, 0.1) is 0 Å². The van der Waals surface area contributed by atoms with E-state index in [1.807, 2.05) is 0 Å². The number of hydrogen-bond donors (Lipinski definition) is 0. The molecule has 2 aliphatic heterocycles. The van der Waals surface area contributed by atoms with E-state index >= 15 is 0 Å². The fourth-order valence-corrected chi connectivity index (χ4v) is 10.2. The molecule has 4 unspecified atom stereocenters. The molecule has 2 aromatic carbocycles. The minimum Gasteiger partial charge on any atom is -0.467 e. The second-order valence-corrected chi connectivity index (χ2v) is 18.4. The first-order valence-corrected chi connectivity index (χ1v) is 22.7. The topological polar surface area (TPSA) is 127 Å². The Bertz CT molecular complexity index is 1790. The van der Waals surface area contributed by atoms with E-state index in [-0.39, 0.29) is 47.2 Å². The fourth-order valence-electron chi connectivity index (χ4n) is 10.2. The molecule has 2 saturated heterocycles. The van der Waals surface area contributed by atoms with Gasteiger partial charge in [-0.15, -0.1) is 9.97 Å². The lowest BCUT2D eigenvalue weighted by Gasteiger charge is -2.52. The molecule has 4 aromatic rings. The molecule has 338 valence electrons. The predicted molar refractivity (Wildman–Crippen MR) is 246 cm³/mol. The van der Waals surface area contributed by atoms with Crippen molar-refractivity contribution in [2.24, 2.45) is 0 Å². The lowest BCUT2D eigenvalue weighted by molar-refractivity contribution is 0.0212. The molecule has 4 atom stereocenters. The Labute approximate surface area is 370 Å². The lowest BCUT2D eigenvalue weighted by atomic mass is 9.82. The van der Waals surface area contributed by atoms with Crippen LogP contribution in [0.1, 0.15) is 104 Å². The Morgan fingerprint density at radius 1 is 0.516 bits per heavy atom. The smallest absolute Gasteiger partial charge is 0.324 e. The maximum absolute atomic E-state index is 5.52. The van der Waals surface area contributed by atoms with Gasteiger partial charge in [0, 0.05) is 61.4 Å². The molecule has 2 aromatic heterocycles. The average Bonchev–Trinajstić information content (AvgIpc) is 3.26. The molecule has 0 radical (unpaired) electrons. The molecule has 0 bridgehead atoms. The van der Waals surface area contributed by atoms with Gasteiger partial charge in [0.1, 0.15) is 0 Å². The number of methoxy groups -OCH3 is 4. The number of piperidine rings is 2. The van der Waals surface area contributed by atoms with Crippen molar-refractivity contribution in [3.8, 4) is 24.0 Å². The van der Waals surface area contributed by atoms with Gasteiger partial charge in [-0.1, -0.05) is 73.5 Å². The van der Waals surface area contributed by atoms with Crippen LogP contribution in [0.2, 0.25) is 0 Å². The zero-order valence-electron chi connectivity index (χ0n) is 39.1. The van der Waals surface area contributed by atoms with E-state index in [2.05, 4.69) is 132 Å². The van der Waals surface area contributed by atoms with Gasteiger partial charge in [0.25, 0.3) is 0 Å². The highest BCUT2D eigenvalue weighted by Crippen LogP contribution is 2.38. The normalized spacial score (nSPS) is 21.3. The summed E-state index contributed by atoms with van der Waals surface area (Å²) in [7, 11) is 6.34. The molecule has 14 nitrogen and oxygen atoms in total. The van der Waals surface area contributed by atoms with Gasteiger partial charge in [0.05, 0.1) is 28.4 Å². The number of hydrogen-bond acceptors (Lipinski definition) is 14. The molecule has 0 N–H and O–H groups in total. The minimum absolute atomic E-state index is 0.0233. The third kappa shape index (κ3) is 12.0. The van der Waals surface area contributed by atoms with E-state index in [4.69, 9.17) is 38.9 Å². The van der Waals surface area contributed by atoms with Crippen LogP contribution in [-0.2, 0) is 12.8 Å². The van der Waals surface area contributed by atoms with Crippen LogP contribution in [0.3, 0.4) is 0 Å². The predicted octanol–water partition coefficient (Wildman–Crippen LogP) is 7.71. The highest BCUT2D eigenvalue weighted by atomic mass is 16.5. The average molecular weight is 853 g/mol.